The van der Waals surface area contributed by atoms with Gasteiger partial charge in [-0.3, -0.25) is 0 Å². The van der Waals surface area contributed by atoms with Crippen LogP contribution in [-0.2, 0) is 0 Å². The van der Waals surface area contributed by atoms with Crippen LogP contribution in [0.3, 0.4) is 0 Å². The molecule has 5 aromatic carbocycles. The van der Waals surface area contributed by atoms with Crippen LogP contribution < -0.4 is 15.9 Å². The molecule has 0 N–H and O–H groups in total. The molecule has 33 heavy (non-hydrogen) atoms. The second kappa shape index (κ2) is 9.57. The maximum absolute atomic E-state index is 2.33. The molecular weight excluding hydrogens is 415 g/mol. The SMILES string of the molecule is Cc1ccc(C(c2ccccc2)[P+](c2ccccc2)(c2ccccc2)c2ccccc2)cc1. The van der Waals surface area contributed by atoms with E-state index >= 15 is 0 Å². The zero-order valence-electron chi connectivity index (χ0n) is 18.9. The van der Waals surface area contributed by atoms with Crippen molar-refractivity contribution < 1.29 is 0 Å². The fourth-order valence-electron chi connectivity index (χ4n) is 4.91. The fourth-order valence-corrected chi connectivity index (χ4v) is 9.86. The van der Waals surface area contributed by atoms with Gasteiger partial charge in [-0.2, -0.15) is 0 Å². The molecule has 0 radical (unpaired) electrons. The minimum Gasteiger partial charge on any atom is -0.0622 e. The first-order valence-electron chi connectivity index (χ1n) is 11.5. The molecule has 1 unspecified atom stereocenters. The molecule has 0 aliphatic heterocycles. The second-order valence-electron chi connectivity index (χ2n) is 8.45. The summed E-state index contributed by atoms with van der Waals surface area (Å²) in [6, 6.07) is 53.7. The molecule has 5 aromatic rings. The monoisotopic (exact) mass is 443 g/mol. The van der Waals surface area contributed by atoms with Gasteiger partial charge in [0.1, 0.15) is 28.8 Å². The third-order valence-corrected chi connectivity index (χ3v) is 11.1. The Hall–Kier alpha value is -3.47. The Kier molecular flexibility index (Phi) is 6.20. The summed E-state index contributed by atoms with van der Waals surface area (Å²) in [6.45, 7) is 2.16. The molecule has 0 aliphatic carbocycles. The highest BCUT2D eigenvalue weighted by Crippen LogP contribution is 2.68. The highest BCUT2D eigenvalue weighted by molar-refractivity contribution is 7.96. The van der Waals surface area contributed by atoms with Gasteiger partial charge in [0.15, 0.2) is 0 Å². The smallest absolute Gasteiger partial charge is 0.0622 e. The molecule has 5 rings (SSSR count). The van der Waals surface area contributed by atoms with Crippen molar-refractivity contribution >= 4 is 23.2 Å². The standard InChI is InChI=1S/C32H28P/c1-26-22-24-28(25-23-26)32(27-14-6-2-7-15-27)33(29-16-8-3-9-17-29,30-18-10-4-11-19-30)31-20-12-5-13-21-31/h2-25,32H,1H3/q+1. The maximum atomic E-state index is 2.33. The van der Waals surface area contributed by atoms with E-state index in [2.05, 4.69) is 153 Å². The van der Waals surface area contributed by atoms with Crippen LogP contribution >= 0.6 is 7.26 Å². The van der Waals surface area contributed by atoms with E-state index < -0.39 is 7.26 Å². The van der Waals surface area contributed by atoms with Crippen LogP contribution in [0.2, 0.25) is 0 Å². The highest BCUT2D eigenvalue weighted by Gasteiger charge is 2.53. The Bertz CT molecular complexity index is 1180. The van der Waals surface area contributed by atoms with Crippen LogP contribution in [0.25, 0.3) is 0 Å². The third kappa shape index (κ3) is 4.04. The summed E-state index contributed by atoms with van der Waals surface area (Å²) in [6.07, 6.45) is 0. The Morgan fingerprint density at radius 3 is 1.12 bits per heavy atom. The molecule has 1 heteroatoms. The number of hydrogen-bond acceptors (Lipinski definition) is 0. The number of rotatable bonds is 6. The van der Waals surface area contributed by atoms with E-state index in [-0.39, 0.29) is 5.66 Å². The van der Waals surface area contributed by atoms with Gasteiger partial charge in [-0.15, -0.1) is 0 Å². The molecule has 1 atom stereocenters. The van der Waals surface area contributed by atoms with Crippen LogP contribution in [0.1, 0.15) is 22.3 Å². The van der Waals surface area contributed by atoms with Crippen molar-refractivity contribution in [2.24, 2.45) is 0 Å². The summed E-state index contributed by atoms with van der Waals surface area (Å²) in [4.78, 5) is 0. The number of aryl methyl sites for hydroxylation is 1. The summed E-state index contributed by atoms with van der Waals surface area (Å²) < 4.78 is 0. The lowest BCUT2D eigenvalue weighted by atomic mass is 10.0. The van der Waals surface area contributed by atoms with Gasteiger partial charge in [-0.25, -0.2) is 0 Å². The minimum absolute atomic E-state index is 0.200. The minimum atomic E-state index is -2.12. The predicted molar refractivity (Wildman–Crippen MR) is 145 cm³/mol. The van der Waals surface area contributed by atoms with Crippen LogP contribution in [0.5, 0.6) is 0 Å². The van der Waals surface area contributed by atoms with Gasteiger partial charge in [-0.05, 0) is 54.4 Å². The van der Waals surface area contributed by atoms with Crippen LogP contribution in [0.4, 0.5) is 0 Å². The summed E-state index contributed by atoms with van der Waals surface area (Å²) >= 11 is 0. The molecule has 0 saturated heterocycles. The maximum Gasteiger partial charge on any atom is 0.133 e. The topological polar surface area (TPSA) is 0 Å². The molecule has 160 valence electrons. The summed E-state index contributed by atoms with van der Waals surface area (Å²) in [5.41, 5.74) is 4.20. The first kappa shape index (κ1) is 21.4. The first-order valence-corrected chi connectivity index (χ1v) is 13.3. The zero-order chi connectivity index (χ0) is 22.5. The lowest BCUT2D eigenvalue weighted by Gasteiger charge is -2.35. The molecular formula is C32H28P+. The van der Waals surface area contributed by atoms with E-state index in [0.717, 1.165) is 0 Å². The van der Waals surface area contributed by atoms with Crippen molar-refractivity contribution in [2.45, 2.75) is 12.6 Å². The summed E-state index contributed by atoms with van der Waals surface area (Å²) in [5, 5.41) is 4.20. The Labute approximate surface area is 197 Å². The Morgan fingerprint density at radius 1 is 0.394 bits per heavy atom. The van der Waals surface area contributed by atoms with E-state index in [0.29, 0.717) is 0 Å². The number of benzene rings is 5. The number of hydrogen-bond donors (Lipinski definition) is 0. The normalized spacial score (nSPS) is 12.3. The van der Waals surface area contributed by atoms with Crippen LogP contribution in [0, 0.1) is 6.92 Å². The Balaban J connectivity index is 1.94. The van der Waals surface area contributed by atoms with Gasteiger partial charge < -0.3 is 0 Å². The van der Waals surface area contributed by atoms with E-state index in [9.17, 15) is 0 Å². The molecule has 0 aromatic heterocycles. The average molecular weight is 444 g/mol. The van der Waals surface area contributed by atoms with Crippen molar-refractivity contribution in [2.75, 3.05) is 0 Å². The van der Waals surface area contributed by atoms with Crippen molar-refractivity contribution in [1.82, 2.24) is 0 Å². The van der Waals surface area contributed by atoms with Gasteiger partial charge in [0.2, 0.25) is 0 Å². The van der Waals surface area contributed by atoms with Crippen molar-refractivity contribution in [3.63, 3.8) is 0 Å². The molecule has 0 nitrogen and oxygen atoms in total. The highest BCUT2D eigenvalue weighted by atomic mass is 31.2. The van der Waals surface area contributed by atoms with Crippen LogP contribution in [-0.4, -0.2) is 0 Å². The Morgan fingerprint density at radius 2 is 0.727 bits per heavy atom. The van der Waals surface area contributed by atoms with Crippen LogP contribution in [0.15, 0.2) is 146 Å². The van der Waals surface area contributed by atoms with Crippen molar-refractivity contribution in [3.8, 4) is 0 Å². The molecule has 0 fully saturated rings. The summed E-state index contributed by atoms with van der Waals surface area (Å²) in [5.74, 6) is 0. The average Bonchev–Trinajstić information content (AvgIpc) is 2.90. The molecule has 0 spiro atoms. The van der Waals surface area contributed by atoms with Gasteiger partial charge in [0.05, 0.1) is 0 Å². The lowest BCUT2D eigenvalue weighted by Crippen LogP contribution is -2.35. The van der Waals surface area contributed by atoms with E-state index in [1.807, 2.05) is 0 Å². The largest absolute Gasteiger partial charge is 0.133 e. The molecule has 0 bridgehead atoms. The van der Waals surface area contributed by atoms with Gasteiger partial charge in [0.25, 0.3) is 0 Å². The predicted octanol–water partition coefficient (Wildman–Crippen LogP) is 7.08. The molecule has 0 amide bonds. The third-order valence-electron chi connectivity index (χ3n) is 6.39. The van der Waals surface area contributed by atoms with Crippen molar-refractivity contribution in [1.29, 1.82) is 0 Å². The zero-order valence-corrected chi connectivity index (χ0v) is 19.8. The quantitative estimate of drug-likeness (QED) is 0.246. The molecule has 0 aliphatic rings. The fraction of sp³-hybridized carbons (Fsp3) is 0.0625. The molecule has 0 heterocycles. The van der Waals surface area contributed by atoms with E-state index in [1.165, 1.54) is 32.6 Å². The van der Waals surface area contributed by atoms with E-state index in [1.54, 1.807) is 0 Å². The second-order valence-corrected chi connectivity index (χ2v) is 12.0. The van der Waals surface area contributed by atoms with Gasteiger partial charge in [0, 0.05) is 0 Å². The van der Waals surface area contributed by atoms with Gasteiger partial charge in [-0.1, -0.05) is 115 Å². The lowest BCUT2D eigenvalue weighted by molar-refractivity contribution is 1.13. The first-order chi connectivity index (χ1) is 16.3. The summed E-state index contributed by atoms with van der Waals surface area (Å²) in [7, 11) is -2.12. The van der Waals surface area contributed by atoms with Gasteiger partial charge >= 0.3 is 0 Å². The molecule has 0 saturated carbocycles. The van der Waals surface area contributed by atoms with E-state index in [4.69, 9.17) is 0 Å². The van der Waals surface area contributed by atoms with Crippen molar-refractivity contribution in [3.05, 3.63) is 162 Å².